The molecule has 0 atom stereocenters. The summed E-state index contributed by atoms with van der Waals surface area (Å²) >= 11 is 0. The van der Waals surface area contributed by atoms with Crippen molar-refractivity contribution < 1.29 is 0 Å². The van der Waals surface area contributed by atoms with Crippen LogP contribution < -0.4 is 5.73 Å². The minimum Gasteiger partial charge on any atom is -0.281 e. The smallest absolute Gasteiger partial charge is 0.170 e. The molecule has 0 fully saturated rings. The maximum atomic E-state index is 7.19. The standard InChI is InChI=1S/C6H8N3/c1-4-3-8-9-6(7)5(4)2/h3,7H,1-2H3. The third-order valence-corrected chi connectivity index (χ3v) is 1.36. The summed E-state index contributed by atoms with van der Waals surface area (Å²) in [5.41, 5.74) is 9.12. The predicted molar refractivity (Wildman–Crippen MR) is 34.3 cm³/mol. The molecule has 1 N–H and O–H groups in total. The summed E-state index contributed by atoms with van der Waals surface area (Å²) in [7, 11) is 0. The Morgan fingerprint density at radius 3 is 2.56 bits per heavy atom. The molecule has 0 aliphatic heterocycles. The van der Waals surface area contributed by atoms with Crippen molar-refractivity contribution in [2.45, 2.75) is 13.8 Å². The van der Waals surface area contributed by atoms with Crippen LogP contribution in [-0.4, -0.2) is 10.2 Å². The maximum absolute atomic E-state index is 7.19. The summed E-state index contributed by atoms with van der Waals surface area (Å²) in [5, 5.41) is 7.16. The van der Waals surface area contributed by atoms with E-state index in [0.29, 0.717) is 0 Å². The van der Waals surface area contributed by atoms with Crippen molar-refractivity contribution in [2.24, 2.45) is 0 Å². The number of nitrogens with zero attached hydrogens (tertiary/aromatic N) is 2. The first-order chi connectivity index (χ1) is 4.22. The van der Waals surface area contributed by atoms with Gasteiger partial charge in [-0.2, -0.15) is 5.10 Å². The summed E-state index contributed by atoms with van der Waals surface area (Å²) in [5.74, 6) is 0.273. The number of rotatable bonds is 0. The first-order valence-corrected chi connectivity index (χ1v) is 2.72. The van der Waals surface area contributed by atoms with Gasteiger partial charge in [-0.05, 0) is 25.0 Å². The van der Waals surface area contributed by atoms with E-state index >= 15 is 0 Å². The highest BCUT2D eigenvalue weighted by molar-refractivity contribution is 5.37. The Hall–Kier alpha value is -1.12. The lowest BCUT2D eigenvalue weighted by molar-refractivity contribution is 0.982. The van der Waals surface area contributed by atoms with E-state index < -0.39 is 0 Å². The fourth-order valence-corrected chi connectivity index (χ4v) is 0.532. The maximum Gasteiger partial charge on any atom is 0.170 e. The third-order valence-electron chi connectivity index (χ3n) is 1.36. The van der Waals surface area contributed by atoms with Crippen LogP contribution in [0.2, 0.25) is 0 Å². The lowest BCUT2D eigenvalue weighted by atomic mass is 10.2. The van der Waals surface area contributed by atoms with Crippen LogP contribution in [0.1, 0.15) is 11.1 Å². The van der Waals surface area contributed by atoms with Gasteiger partial charge in [0.25, 0.3) is 0 Å². The average molecular weight is 122 g/mol. The van der Waals surface area contributed by atoms with Crippen molar-refractivity contribution >= 4 is 5.82 Å². The Balaban J connectivity index is 3.25. The van der Waals surface area contributed by atoms with Crippen LogP contribution in [0.15, 0.2) is 6.20 Å². The van der Waals surface area contributed by atoms with Gasteiger partial charge < -0.3 is 0 Å². The molecule has 0 bridgehead atoms. The third kappa shape index (κ3) is 0.988. The van der Waals surface area contributed by atoms with Gasteiger partial charge in [0, 0.05) is 0 Å². The zero-order chi connectivity index (χ0) is 6.85. The van der Waals surface area contributed by atoms with E-state index in [1.165, 1.54) is 0 Å². The largest absolute Gasteiger partial charge is 0.281 e. The van der Waals surface area contributed by atoms with Gasteiger partial charge in [-0.25, -0.2) is 0 Å². The van der Waals surface area contributed by atoms with Crippen LogP contribution in [0.4, 0.5) is 5.82 Å². The monoisotopic (exact) mass is 122 g/mol. The number of aromatic nitrogens is 2. The average Bonchev–Trinajstić information content (AvgIpc) is 1.83. The second kappa shape index (κ2) is 2.01. The molecule has 1 radical (unpaired) electrons. The van der Waals surface area contributed by atoms with Crippen LogP contribution in [0.5, 0.6) is 0 Å². The molecule has 0 unspecified atom stereocenters. The number of aryl methyl sites for hydroxylation is 1. The zero-order valence-corrected chi connectivity index (χ0v) is 5.47. The summed E-state index contributed by atoms with van der Waals surface area (Å²) in [6.07, 6.45) is 1.66. The van der Waals surface area contributed by atoms with E-state index in [9.17, 15) is 0 Å². The molecule has 0 spiro atoms. The zero-order valence-electron chi connectivity index (χ0n) is 5.47. The van der Waals surface area contributed by atoms with Gasteiger partial charge in [0.15, 0.2) is 5.82 Å². The van der Waals surface area contributed by atoms with Crippen LogP contribution >= 0.6 is 0 Å². The molecule has 0 aromatic carbocycles. The first kappa shape index (κ1) is 6.01. The van der Waals surface area contributed by atoms with Gasteiger partial charge in [0.2, 0.25) is 0 Å². The molecule has 47 valence electrons. The molecule has 3 heteroatoms. The lowest BCUT2D eigenvalue weighted by Gasteiger charge is -1.97. The van der Waals surface area contributed by atoms with Crippen molar-refractivity contribution in [1.82, 2.24) is 15.9 Å². The van der Waals surface area contributed by atoms with Crippen molar-refractivity contribution in [1.29, 1.82) is 0 Å². The topological polar surface area (TPSA) is 49.6 Å². The molecular weight excluding hydrogens is 114 g/mol. The molecular formula is C6H8N3. The molecule has 0 saturated carbocycles. The molecule has 1 aromatic heterocycles. The van der Waals surface area contributed by atoms with E-state index in [0.717, 1.165) is 11.1 Å². The Labute approximate surface area is 53.9 Å². The van der Waals surface area contributed by atoms with Gasteiger partial charge >= 0.3 is 0 Å². The second-order valence-corrected chi connectivity index (χ2v) is 2.00. The number of nitrogens with one attached hydrogen (secondary N) is 1. The molecule has 1 heterocycles. The van der Waals surface area contributed by atoms with Crippen LogP contribution in [0.3, 0.4) is 0 Å². The minimum absolute atomic E-state index is 0.273. The highest BCUT2D eigenvalue weighted by atomic mass is 15.1. The molecule has 1 aromatic rings. The van der Waals surface area contributed by atoms with Crippen molar-refractivity contribution in [3.05, 3.63) is 17.3 Å². The molecule has 0 saturated heterocycles. The predicted octanol–water partition coefficient (Wildman–Crippen LogP) is 1.01. The summed E-state index contributed by atoms with van der Waals surface area (Å²) in [6, 6.07) is 0. The van der Waals surface area contributed by atoms with E-state index in [1.54, 1.807) is 6.20 Å². The van der Waals surface area contributed by atoms with Gasteiger partial charge in [0.1, 0.15) is 0 Å². The van der Waals surface area contributed by atoms with Gasteiger partial charge in [-0.15, -0.1) is 5.10 Å². The summed E-state index contributed by atoms with van der Waals surface area (Å²) in [6.45, 7) is 3.79. The normalized spacial score (nSPS) is 9.56. The Morgan fingerprint density at radius 2 is 2.11 bits per heavy atom. The minimum atomic E-state index is 0.273. The molecule has 0 aliphatic rings. The highest BCUT2D eigenvalue weighted by Crippen LogP contribution is 2.09. The van der Waals surface area contributed by atoms with Gasteiger partial charge in [0.05, 0.1) is 6.20 Å². The fraction of sp³-hybridized carbons (Fsp3) is 0.333. The Bertz CT molecular complexity index is 199. The fourth-order valence-electron chi connectivity index (χ4n) is 0.532. The van der Waals surface area contributed by atoms with Crippen LogP contribution in [0, 0.1) is 13.8 Å². The quantitative estimate of drug-likeness (QED) is 0.515. The van der Waals surface area contributed by atoms with Crippen LogP contribution in [-0.2, 0) is 0 Å². The first-order valence-electron chi connectivity index (χ1n) is 2.72. The lowest BCUT2D eigenvalue weighted by Crippen LogP contribution is -1.89. The summed E-state index contributed by atoms with van der Waals surface area (Å²) in [4.78, 5) is 0. The molecule has 3 nitrogen and oxygen atoms in total. The van der Waals surface area contributed by atoms with E-state index in [-0.39, 0.29) is 5.82 Å². The van der Waals surface area contributed by atoms with E-state index in [4.69, 9.17) is 5.73 Å². The van der Waals surface area contributed by atoms with Crippen molar-refractivity contribution in [2.75, 3.05) is 0 Å². The Morgan fingerprint density at radius 1 is 1.44 bits per heavy atom. The van der Waals surface area contributed by atoms with E-state index in [2.05, 4.69) is 10.2 Å². The van der Waals surface area contributed by atoms with Gasteiger partial charge in [-0.3, -0.25) is 5.73 Å². The Kier molecular flexibility index (Phi) is 1.34. The van der Waals surface area contributed by atoms with Crippen LogP contribution in [0.25, 0.3) is 0 Å². The molecule has 9 heavy (non-hydrogen) atoms. The van der Waals surface area contributed by atoms with Crippen molar-refractivity contribution in [3.63, 3.8) is 0 Å². The SMILES string of the molecule is Cc1cnnc([NH])c1C. The van der Waals surface area contributed by atoms with Gasteiger partial charge in [-0.1, -0.05) is 0 Å². The van der Waals surface area contributed by atoms with E-state index in [1.807, 2.05) is 13.8 Å². The number of hydrogen-bond acceptors (Lipinski definition) is 2. The molecule has 0 amide bonds. The molecule has 1 rings (SSSR count). The highest BCUT2D eigenvalue weighted by Gasteiger charge is 1.96. The number of hydrogen-bond donors (Lipinski definition) is 0. The molecule has 0 aliphatic carbocycles. The van der Waals surface area contributed by atoms with Crippen molar-refractivity contribution in [3.8, 4) is 0 Å². The summed E-state index contributed by atoms with van der Waals surface area (Å²) < 4.78 is 0. The second-order valence-electron chi connectivity index (χ2n) is 2.00.